The number of benzene rings is 1. The smallest absolute Gasteiger partial charge is 0.123 e. The fourth-order valence-electron chi connectivity index (χ4n) is 2.94. The third-order valence-corrected chi connectivity index (χ3v) is 4.96. The van der Waals surface area contributed by atoms with Gasteiger partial charge in [0.15, 0.2) is 0 Å². The van der Waals surface area contributed by atoms with Gasteiger partial charge in [-0.1, -0.05) is 12.1 Å². The van der Waals surface area contributed by atoms with Crippen LogP contribution in [0.5, 0.6) is 5.75 Å². The maximum atomic E-state index is 5.96. The fourth-order valence-corrected chi connectivity index (χ4v) is 4.00. The van der Waals surface area contributed by atoms with Crippen LogP contribution in [0.4, 0.5) is 0 Å². The molecule has 1 N–H and O–H groups in total. The van der Waals surface area contributed by atoms with Gasteiger partial charge in [0.2, 0.25) is 0 Å². The van der Waals surface area contributed by atoms with Crippen LogP contribution in [0.1, 0.15) is 41.5 Å². The van der Waals surface area contributed by atoms with Crippen LogP contribution in [-0.2, 0) is 6.42 Å². The van der Waals surface area contributed by atoms with Gasteiger partial charge in [0.25, 0.3) is 0 Å². The number of ether oxygens (including phenoxy) is 1. The Labute approximate surface area is 124 Å². The van der Waals surface area contributed by atoms with E-state index < -0.39 is 0 Å². The Bertz CT molecular complexity index is 630. The number of rotatable bonds is 3. The molecule has 20 heavy (non-hydrogen) atoms. The molecule has 0 aliphatic carbocycles. The molecule has 2 heterocycles. The largest absolute Gasteiger partial charge is 0.487 e. The van der Waals surface area contributed by atoms with Crippen LogP contribution in [0.25, 0.3) is 0 Å². The second kappa shape index (κ2) is 4.90. The third kappa shape index (κ3) is 2.36. The standard InChI is InChI=1S/C17H21NOS/c1-11-7-8-20-16(11)15(18-4)12-5-6-14-13(9-12)10-17(2,3)19-14/h5-9,15,18H,10H2,1-4H3. The van der Waals surface area contributed by atoms with E-state index in [4.69, 9.17) is 4.74 Å². The van der Waals surface area contributed by atoms with Crippen molar-refractivity contribution in [3.8, 4) is 5.75 Å². The molecule has 106 valence electrons. The zero-order chi connectivity index (χ0) is 14.3. The Morgan fingerprint density at radius 3 is 2.75 bits per heavy atom. The SMILES string of the molecule is CNC(c1ccc2c(c1)CC(C)(C)O2)c1sccc1C. The number of nitrogens with one attached hydrogen (secondary N) is 1. The molecule has 0 saturated heterocycles. The van der Waals surface area contributed by atoms with Crippen LogP contribution in [0, 0.1) is 6.92 Å². The van der Waals surface area contributed by atoms with Crippen molar-refractivity contribution in [2.45, 2.75) is 38.8 Å². The molecule has 1 aromatic heterocycles. The van der Waals surface area contributed by atoms with E-state index in [-0.39, 0.29) is 11.6 Å². The lowest BCUT2D eigenvalue weighted by atomic mass is 9.96. The first-order valence-corrected chi connectivity index (χ1v) is 7.91. The zero-order valence-electron chi connectivity index (χ0n) is 12.5. The molecule has 0 spiro atoms. The lowest BCUT2D eigenvalue weighted by Gasteiger charge is -2.17. The number of hydrogen-bond donors (Lipinski definition) is 1. The lowest BCUT2D eigenvalue weighted by molar-refractivity contribution is 0.138. The summed E-state index contributed by atoms with van der Waals surface area (Å²) >= 11 is 1.82. The van der Waals surface area contributed by atoms with E-state index >= 15 is 0 Å². The number of thiophene rings is 1. The second-order valence-electron chi connectivity index (χ2n) is 6.10. The van der Waals surface area contributed by atoms with E-state index in [1.165, 1.54) is 21.6 Å². The van der Waals surface area contributed by atoms with Gasteiger partial charge < -0.3 is 10.1 Å². The average molecular weight is 287 g/mol. The fraction of sp³-hybridized carbons (Fsp3) is 0.412. The van der Waals surface area contributed by atoms with E-state index in [0.29, 0.717) is 0 Å². The highest BCUT2D eigenvalue weighted by molar-refractivity contribution is 7.10. The van der Waals surface area contributed by atoms with E-state index in [1.807, 2.05) is 18.4 Å². The van der Waals surface area contributed by atoms with Crippen molar-refractivity contribution in [3.63, 3.8) is 0 Å². The second-order valence-corrected chi connectivity index (χ2v) is 7.04. The van der Waals surface area contributed by atoms with E-state index in [9.17, 15) is 0 Å². The highest BCUT2D eigenvalue weighted by atomic mass is 32.1. The summed E-state index contributed by atoms with van der Waals surface area (Å²) in [5.74, 6) is 1.04. The quantitative estimate of drug-likeness (QED) is 0.918. The molecule has 0 fully saturated rings. The summed E-state index contributed by atoms with van der Waals surface area (Å²) in [6.45, 7) is 6.47. The molecule has 1 aliphatic rings. The molecule has 1 aliphatic heterocycles. The molecule has 0 saturated carbocycles. The zero-order valence-corrected chi connectivity index (χ0v) is 13.3. The third-order valence-electron chi connectivity index (χ3n) is 3.87. The van der Waals surface area contributed by atoms with Gasteiger partial charge in [0.05, 0.1) is 6.04 Å². The van der Waals surface area contributed by atoms with Crippen molar-refractivity contribution in [1.82, 2.24) is 5.32 Å². The Kier molecular flexibility index (Phi) is 3.35. The predicted octanol–water partition coefficient (Wildman–Crippen LogP) is 4.08. The Hall–Kier alpha value is -1.32. The van der Waals surface area contributed by atoms with Gasteiger partial charge in [-0.2, -0.15) is 0 Å². The van der Waals surface area contributed by atoms with Crippen LogP contribution < -0.4 is 10.1 Å². The van der Waals surface area contributed by atoms with Crippen molar-refractivity contribution in [2.24, 2.45) is 0 Å². The topological polar surface area (TPSA) is 21.3 Å². The highest BCUT2D eigenvalue weighted by Crippen LogP contribution is 2.38. The Morgan fingerprint density at radius 1 is 1.30 bits per heavy atom. The van der Waals surface area contributed by atoms with Crippen molar-refractivity contribution in [2.75, 3.05) is 7.05 Å². The monoisotopic (exact) mass is 287 g/mol. The maximum Gasteiger partial charge on any atom is 0.123 e. The van der Waals surface area contributed by atoms with Crippen LogP contribution in [0.15, 0.2) is 29.6 Å². The van der Waals surface area contributed by atoms with Crippen LogP contribution in [0.2, 0.25) is 0 Å². The lowest BCUT2D eigenvalue weighted by Crippen LogP contribution is -2.24. The molecule has 2 aromatic rings. The van der Waals surface area contributed by atoms with Crippen molar-refractivity contribution in [3.05, 3.63) is 51.2 Å². The molecule has 0 radical (unpaired) electrons. The summed E-state index contributed by atoms with van der Waals surface area (Å²) in [5.41, 5.74) is 3.92. The van der Waals surface area contributed by atoms with Crippen LogP contribution in [0.3, 0.4) is 0 Å². The number of hydrogen-bond acceptors (Lipinski definition) is 3. The minimum absolute atomic E-state index is 0.0745. The molecule has 3 rings (SSSR count). The molecule has 3 heteroatoms. The average Bonchev–Trinajstić information content (AvgIpc) is 2.92. The van der Waals surface area contributed by atoms with E-state index in [2.05, 4.69) is 55.7 Å². The molecule has 1 aromatic carbocycles. The van der Waals surface area contributed by atoms with Crippen molar-refractivity contribution in [1.29, 1.82) is 0 Å². The van der Waals surface area contributed by atoms with Gasteiger partial charge in [0.1, 0.15) is 11.4 Å². The Morgan fingerprint density at radius 2 is 2.10 bits per heavy atom. The number of aryl methyl sites for hydroxylation is 1. The summed E-state index contributed by atoms with van der Waals surface area (Å²) in [4.78, 5) is 1.39. The number of fused-ring (bicyclic) bond motifs is 1. The van der Waals surface area contributed by atoms with Crippen LogP contribution >= 0.6 is 11.3 Å². The molecule has 0 bridgehead atoms. The van der Waals surface area contributed by atoms with Crippen LogP contribution in [-0.4, -0.2) is 12.6 Å². The first-order valence-electron chi connectivity index (χ1n) is 7.03. The van der Waals surface area contributed by atoms with E-state index in [0.717, 1.165) is 12.2 Å². The molecule has 2 nitrogen and oxygen atoms in total. The molecule has 1 unspecified atom stereocenters. The summed E-state index contributed by atoms with van der Waals surface area (Å²) < 4.78 is 5.96. The highest BCUT2D eigenvalue weighted by Gasteiger charge is 2.30. The van der Waals surface area contributed by atoms with Crippen molar-refractivity contribution < 1.29 is 4.74 Å². The molecular formula is C17H21NOS. The minimum atomic E-state index is -0.0745. The van der Waals surface area contributed by atoms with Gasteiger partial charge in [-0.05, 0) is 62.0 Å². The van der Waals surface area contributed by atoms with Gasteiger partial charge in [-0.3, -0.25) is 0 Å². The molecule has 1 atom stereocenters. The minimum Gasteiger partial charge on any atom is -0.487 e. The summed E-state index contributed by atoms with van der Waals surface area (Å²) in [6.07, 6.45) is 0.982. The van der Waals surface area contributed by atoms with Gasteiger partial charge in [0, 0.05) is 11.3 Å². The molecule has 0 amide bonds. The first-order chi connectivity index (χ1) is 9.50. The van der Waals surface area contributed by atoms with Crippen molar-refractivity contribution >= 4 is 11.3 Å². The molecular weight excluding hydrogens is 266 g/mol. The summed E-state index contributed by atoms with van der Waals surface area (Å²) in [7, 11) is 2.03. The van der Waals surface area contributed by atoms with Gasteiger partial charge >= 0.3 is 0 Å². The maximum absolute atomic E-state index is 5.96. The summed E-state index contributed by atoms with van der Waals surface area (Å²) in [5, 5.41) is 5.60. The normalized spacial score (nSPS) is 17.6. The summed E-state index contributed by atoms with van der Waals surface area (Å²) in [6, 6.07) is 9.05. The predicted molar refractivity (Wildman–Crippen MR) is 84.8 cm³/mol. The first kappa shape index (κ1) is 13.7. The van der Waals surface area contributed by atoms with Gasteiger partial charge in [-0.15, -0.1) is 11.3 Å². The Balaban J connectivity index is 1.97. The van der Waals surface area contributed by atoms with Gasteiger partial charge in [-0.25, -0.2) is 0 Å². The van der Waals surface area contributed by atoms with E-state index in [1.54, 1.807) is 0 Å².